The highest BCUT2D eigenvalue weighted by Crippen LogP contribution is 2.27. The second-order valence-electron chi connectivity index (χ2n) is 7.85. The molecule has 0 radical (unpaired) electrons. The summed E-state index contributed by atoms with van der Waals surface area (Å²) < 4.78 is 29.0. The van der Waals surface area contributed by atoms with Crippen LogP contribution >= 0.6 is 39.1 Å². The molecular formula is C25H24BrCl2N3O4S. The van der Waals surface area contributed by atoms with Crippen LogP contribution in [0.15, 0.2) is 82.2 Å². The van der Waals surface area contributed by atoms with Crippen molar-refractivity contribution in [3.63, 3.8) is 0 Å². The number of nitrogens with one attached hydrogen (secondary N) is 1. The molecule has 1 atom stereocenters. The smallest absolute Gasteiger partial charge is 0.264 e. The minimum atomic E-state index is -4.11. The second kappa shape index (κ2) is 12.1. The van der Waals surface area contributed by atoms with E-state index < -0.39 is 34.4 Å². The van der Waals surface area contributed by atoms with E-state index in [0.717, 1.165) is 8.78 Å². The van der Waals surface area contributed by atoms with Crippen molar-refractivity contribution >= 4 is 66.7 Å². The highest BCUT2D eigenvalue weighted by atomic mass is 79.9. The maximum absolute atomic E-state index is 13.7. The van der Waals surface area contributed by atoms with Crippen molar-refractivity contribution in [2.75, 3.05) is 17.9 Å². The maximum Gasteiger partial charge on any atom is 0.264 e. The molecule has 3 aromatic rings. The molecule has 1 unspecified atom stereocenters. The van der Waals surface area contributed by atoms with E-state index in [1.165, 1.54) is 24.1 Å². The quantitative estimate of drug-likeness (QED) is 0.364. The van der Waals surface area contributed by atoms with Gasteiger partial charge in [-0.15, -0.1) is 0 Å². The van der Waals surface area contributed by atoms with Crippen molar-refractivity contribution in [3.05, 3.63) is 92.9 Å². The standard InChI is InChI=1S/C25H24BrCl2N3O4S/c1-17(25(33)29-2)30(15-18-8-11-20(27)14-23(18)28)24(32)16-31(21-12-9-19(26)10-13-21)36(34,35)22-6-4-3-5-7-22/h3-14,17H,15-16H2,1-2H3,(H,29,33). The molecule has 0 fully saturated rings. The number of rotatable bonds is 9. The fourth-order valence-corrected chi connectivity index (χ4v) is 5.65. The van der Waals surface area contributed by atoms with Crippen LogP contribution in [0.3, 0.4) is 0 Å². The molecule has 7 nitrogen and oxygen atoms in total. The third-order valence-corrected chi connectivity index (χ3v) is 8.40. The first-order valence-electron chi connectivity index (χ1n) is 10.8. The molecule has 190 valence electrons. The second-order valence-corrected chi connectivity index (χ2v) is 11.5. The molecular weight excluding hydrogens is 589 g/mol. The molecule has 36 heavy (non-hydrogen) atoms. The summed E-state index contributed by atoms with van der Waals surface area (Å²) in [6.07, 6.45) is 0. The summed E-state index contributed by atoms with van der Waals surface area (Å²) in [7, 11) is -2.64. The summed E-state index contributed by atoms with van der Waals surface area (Å²) in [5.74, 6) is -0.992. The zero-order chi connectivity index (χ0) is 26.5. The van der Waals surface area contributed by atoms with Gasteiger partial charge >= 0.3 is 0 Å². The number of halogens is 3. The van der Waals surface area contributed by atoms with Crippen molar-refractivity contribution in [1.82, 2.24) is 10.2 Å². The van der Waals surface area contributed by atoms with E-state index in [1.807, 2.05) is 0 Å². The van der Waals surface area contributed by atoms with Gasteiger partial charge in [0.15, 0.2) is 0 Å². The number of hydrogen-bond donors (Lipinski definition) is 1. The van der Waals surface area contributed by atoms with Crippen LogP contribution < -0.4 is 9.62 Å². The molecule has 0 aliphatic heterocycles. The van der Waals surface area contributed by atoms with E-state index in [9.17, 15) is 18.0 Å². The Hall–Kier alpha value is -2.59. The third kappa shape index (κ3) is 6.59. The van der Waals surface area contributed by atoms with Gasteiger partial charge in [0.2, 0.25) is 11.8 Å². The Balaban J connectivity index is 2.03. The Morgan fingerprint density at radius 3 is 2.22 bits per heavy atom. The molecule has 3 rings (SSSR count). The molecule has 0 saturated heterocycles. The van der Waals surface area contributed by atoms with E-state index in [1.54, 1.807) is 67.6 Å². The number of amides is 2. The lowest BCUT2D eigenvalue weighted by atomic mass is 10.1. The molecule has 3 aromatic carbocycles. The van der Waals surface area contributed by atoms with Gasteiger partial charge in [0.25, 0.3) is 10.0 Å². The monoisotopic (exact) mass is 611 g/mol. The molecule has 0 bridgehead atoms. The zero-order valence-corrected chi connectivity index (χ0v) is 23.4. The Bertz CT molecular complexity index is 1340. The Labute approximate surface area is 229 Å². The van der Waals surface area contributed by atoms with Gasteiger partial charge in [-0.1, -0.05) is 63.4 Å². The SMILES string of the molecule is CNC(=O)C(C)N(Cc1ccc(Cl)cc1Cl)C(=O)CN(c1ccc(Br)cc1)S(=O)(=O)c1ccccc1. The van der Waals surface area contributed by atoms with Gasteiger partial charge in [-0.25, -0.2) is 8.42 Å². The number of carbonyl (C=O) groups excluding carboxylic acids is 2. The minimum Gasteiger partial charge on any atom is -0.357 e. The van der Waals surface area contributed by atoms with Crippen LogP contribution in [0, 0.1) is 0 Å². The summed E-state index contributed by atoms with van der Waals surface area (Å²) in [6.45, 7) is 1.00. The van der Waals surface area contributed by atoms with Crippen LogP contribution in [0.5, 0.6) is 0 Å². The molecule has 1 N–H and O–H groups in total. The molecule has 11 heteroatoms. The van der Waals surface area contributed by atoms with E-state index in [2.05, 4.69) is 21.2 Å². The average Bonchev–Trinajstić information content (AvgIpc) is 2.87. The zero-order valence-electron chi connectivity index (χ0n) is 19.5. The van der Waals surface area contributed by atoms with Gasteiger partial charge in [0.1, 0.15) is 12.6 Å². The number of benzene rings is 3. The van der Waals surface area contributed by atoms with Crippen molar-refractivity contribution < 1.29 is 18.0 Å². The lowest BCUT2D eigenvalue weighted by Crippen LogP contribution is -2.50. The summed E-state index contributed by atoms with van der Waals surface area (Å²) in [5.41, 5.74) is 0.860. The van der Waals surface area contributed by atoms with E-state index in [-0.39, 0.29) is 11.4 Å². The van der Waals surface area contributed by atoms with Gasteiger partial charge in [-0.3, -0.25) is 13.9 Å². The topological polar surface area (TPSA) is 86.8 Å². The molecule has 0 spiro atoms. The fourth-order valence-electron chi connectivity index (χ4n) is 3.48. The highest BCUT2D eigenvalue weighted by Gasteiger charge is 2.32. The summed E-state index contributed by atoms with van der Waals surface area (Å²) in [5, 5.41) is 3.29. The van der Waals surface area contributed by atoms with Crippen molar-refractivity contribution in [3.8, 4) is 0 Å². The number of sulfonamides is 1. The van der Waals surface area contributed by atoms with Gasteiger partial charge in [-0.05, 0) is 61.0 Å². The molecule has 0 aromatic heterocycles. The lowest BCUT2D eigenvalue weighted by Gasteiger charge is -2.32. The van der Waals surface area contributed by atoms with Crippen LogP contribution in [0.2, 0.25) is 10.0 Å². The van der Waals surface area contributed by atoms with Crippen LogP contribution in [0.4, 0.5) is 5.69 Å². The van der Waals surface area contributed by atoms with Crippen LogP contribution in [-0.2, 0) is 26.2 Å². The van der Waals surface area contributed by atoms with E-state index in [4.69, 9.17) is 23.2 Å². The van der Waals surface area contributed by atoms with Gasteiger partial charge in [0, 0.05) is 28.1 Å². The minimum absolute atomic E-state index is 0.0248. The molecule has 0 saturated carbocycles. The van der Waals surface area contributed by atoms with E-state index in [0.29, 0.717) is 21.3 Å². The first-order chi connectivity index (χ1) is 17.0. The number of likely N-dealkylation sites (N-methyl/N-ethyl adjacent to an activating group) is 1. The number of carbonyl (C=O) groups is 2. The van der Waals surface area contributed by atoms with Crippen LogP contribution in [0.1, 0.15) is 12.5 Å². The molecule has 0 heterocycles. The average molecular weight is 613 g/mol. The fraction of sp³-hybridized carbons (Fsp3) is 0.200. The number of hydrogen-bond acceptors (Lipinski definition) is 4. The lowest BCUT2D eigenvalue weighted by molar-refractivity contribution is -0.139. The van der Waals surface area contributed by atoms with Gasteiger partial charge in [-0.2, -0.15) is 0 Å². The predicted molar refractivity (Wildman–Crippen MR) is 146 cm³/mol. The number of nitrogens with zero attached hydrogens (tertiary/aromatic N) is 2. The Kier molecular flexibility index (Phi) is 9.41. The summed E-state index contributed by atoms with van der Waals surface area (Å²) in [6, 6.07) is 18.3. The first-order valence-corrected chi connectivity index (χ1v) is 13.8. The predicted octanol–water partition coefficient (Wildman–Crippen LogP) is 5.11. The molecule has 0 aliphatic carbocycles. The van der Waals surface area contributed by atoms with Gasteiger partial charge in [0.05, 0.1) is 10.6 Å². The first kappa shape index (κ1) is 28.0. The normalized spacial score (nSPS) is 12.0. The van der Waals surface area contributed by atoms with Crippen molar-refractivity contribution in [2.45, 2.75) is 24.4 Å². The number of anilines is 1. The van der Waals surface area contributed by atoms with Crippen molar-refractivity contribution in [1.29, 1.82) is 0 Å². The maximum atomic E-state index is 13.7. The van der Waals surface area contributed by atoms with Crippen molar-refractivity contribution in [2.24, 2.45) is 0 Å². The molecule has 2 amide bonds. The Morgan fingerprint density at radius 2 is 1.64 bits per heavy atom. The van der Waals surface area contributed by atoms with Gasteiger partial charge < -0.3 is 10.2 Å². The third-order valence-electron chi connectivity index (χ3n) is 5.49. The highest BCUT2D eigenvalue weighted by molar-refractivity contribution is 9.10. The Morgan fingerprint density at radius 1 is 1.00 bits per heavy atom. The molecule has 0 aliphatic rings. The summed E-state index contributed by atoms with van der Waals surface area (Å²) in [4.78, 5) is 27.5. The van der Waals surface area contributed by atoms with Crippen LogP contribution in [-0.4, -0.2) is 44.8 Å². The van der Waals surface area contributed by atoms with E-state index >= 15 is 0 Å². The largest absolute Gasteiger partial charge is 0.357 e. The van der Waals surface area contributed by atoms with Crippen LogP contribution in [0.25, 0.3) is 0 Å². The summed E-state index contributed by atoms with van der Waals surface area (Å²) >= 11 is 15.7.